The molecule has 2 N–H and O–H groups in total. The minimum absolute atomic E-state index is 0.123. The summed E-state index contributed by atoms with van der Waals surface area (Å²) in [6.07, 6.45) is 0.201. The van der Waals surface area contributed by atoms with Crippen LogP contribution in [0.4, 0.5) is 0 Å². The van der Waals surface area contributed by atoms with E-state index in [-0.39, 0.29) is 18.1 Å². The summed E-state index contributed by atoms with van der Waals surface area (Å²) in [7, 11) is 0. The zero-order valence-electron chi connectivity index (χ0n) is 14.0. The molecule has 5 nitrogen and oxygen atoms in total. The number of amides is 1. The molecule has 0 aliphatic rings. The number of nitrogens with one attached hydrogen (secondary N) is 1. The molecule has 2 aromatic carbocycles. The quantitative estimate of drug-likeness (QED) is 0.774. The maximum atomic E-state index is 12.6. The van der Waals surface area contributed by atoms with Crippen LogP contribution in [0, 0.1) is 5.92 Å². The standard InChI is InChI=1S/C20H21NO4/c1-14(20(24)25)12-18(22)17(13-15-8-4-2-5-9-15)21-19(23)16-10-6-3-7-11-16/h2-11,14,17H,12-13H2,1H3,(H,21,23)(H,24,25)/t14-,17+/m0/s1. The summed E-state index contributed by atoms with van der Waals surface area (Å²) >= 11 is 0. The van der Waals surface area contributed by atoms with Crippen molar-refractivity contribution < 1.29 is 19.5 Å². The highest BCUT2D eigenvalue weighted by atomic mass is 16.4. The highest BCUT2D eigenvalue weighted by Crippen LogP contribution is 2.11. The van der Waals surface area contributed by atoms with Crippen LogP contribution >= 0.6 is 0 Å². The summed E-state index contributed by atoms with van der Waals surface area (Å²) in [4.78, 5) is 36.0. The minimum Gasteiger partial charge on any atom is -0.481 e. The molecule has 0 bridgehead atoms. The van der Waals surface area contributed by atoms with E-state index in [0.29, 0.717) is 12.0 Å². The third-order valence-electron chi connectivity index (χ3n) is 3.94. The van der Waals surface area contributed by atoms with E-state index in [1.165, 1.54) is 6.92 Å². The molecule has 0 radical (unpaired) electrons. The molecule has 0 spiro atoms. The number of ketones is 1. The van der Waals surface area contributed by atoms with Crippen LogP contribution in [0.15, 0.2) is 60.7 Å². The number of benzene rings is 2. The fourth-order valence-electron chi connectivity index (χ4n) is 2.46. The summed E-state index contributed by atoms with van der Waals surface area (Å²) in [5, 5.41) is 11.8. The minimum atomic E-state index is -1.03. The Balaban J connectivity index is 2.15. The van der Waals surface area contributed by atoms with Gasteiger partial charge in [0, 0.05) is 12.0 Å². The molecule has 130 valence electrons. The first-order chi connectivity index (χ1) is 12.0. The average molecular weight is 339 g/mol. The lowest BCUT2D eigenvalue weighted by atomic mass is 9.95. The van der Waals surface area contributed by atoms with Crippen molar-refractivity contribution in [1.82, 2.24) is 5.32 Å². The molecule has 2 atom stereocenters. The molecule has 2 aromatic rings. The van der Waals surface area contributed by atoms with Crippen LogP contribution in [0.3, 0.4) is 0 Å². The molecule has 0 saturated heterocycles. The van der Waals surface area contributed by atoms with Crippen molar-refractivity contribution in [3.8, 4) is 0 Å². The van der Waals surface area contributed by atoms with E-state index in [2.05, 4.69) is 5.32 Å². The molecule has 0 aliphatic heterocycles. The molecular weight excluding hydrogens is 318 g/mol. The first-order valence-electron chi connectivity index (χ1n) is 8.12. The smallest absolute Gasteiger partial charge is 0.306 e. The van der Waals surface area contributed by atoms with Gasteiger partial charge >= 0.3 is 5.97 Å². The van der Waals surface area contributed by atoms with Gasteiger partial charge in [0.1, 0.15) is 0 Å². The molecule has 5 heteroatoms. The second-order valence-corrected chi connectivity index (χ2v) is 5.99. The third kappa shape index (κ3) is 5.57. The number of rotatable bonds is 8. The number of carbonyl (C=O) groups is 3. The summed E-state index contributed by atoms with van der Waals surface area (Å²) in [5.41, 5.74) is 1.36. The highest BCUT2D eigenvalue weighted by molar-refractivity contribution is 5.98. The Labute approximate surface area is 146 Å². The second kappa shape index (κ2) is 8.78. The van der Waals surface area contributed by atoms with Crippen molar-refractivity contribution in [3.63, 3.8) is 0 Å². The molecular formula is C20H21NO4. The predicted molar refractivity (Wildman–Crippen MR) is 94.3 cm³/mol. The number of hydrogen-bond acceptors (Lipinski definition) is 3. The van der Waals surface area contributed by atoms with Crippen LogP contribution in [0.25, 0.3) is 0 Å². The van der Waals surface area contributed by atoms with Gasteiger partial charge in [-0.25, -0.2) is 0 Å². The van der Waals surface area contributed by atoms with E-state index in [9.17, 15) is 14.4 Å². The van der Waals surface area contributed by atoms with Crippen molar-refractivity contribution >= 4 is 17.7 Å². The molecule has 25 heavy (non-hydrogen) atoms. The van der Waals surface area contributed by atoms with Crippen LogP contribution in [-0.2, 0) is 16.0 Å². The van der Waals surface area contributed by atoms with Crippen molar-refractivity contribution in [3.05, 3.63) is 71.8 Å². The van der Waals surface area contributed by atoms with Crippen LogP contribution in [0.5, 0.6) is 0 Å². The number of carboxylic acid groups (broad SMARTS) is 1. The van der Waals surface area contributed by atoms with Crippen molar-refractivity contribution in [2.45, 2.75) is 25.8 Å². The van der Waals surface area contributed by atoms with E-state index in [1.807, 2.05) is 30.3 Å². The van der Waals surface area contributed by atoms with Crippen LogP contribution < -0.4 is 5.32 Å². The van der Waals surface area contributed by atoms with E-state index in [4.69, 9.17) is 5.11 Å². The van der Waals surface area contributed by atoms with Crippen molar-refractivity contribution in [2.24, 2.45) is 5.92 Å². The topological polar surface area (TPSA) is 83.5 Å². The monoisotopic (exact) mass is 339 g/mol. The van der Waals surface area contributed by atoms with Gasteiger partial charge in [0.25, 0.3) is 5.91 Å². The Kier molecular flexibility index (Phi) is 6.46. The van der Waals surface area contributed by atoms with Gasteiger partial charge < -0.3 is 10.4 Å². The third-order valence-corrected chi connectivity index (χ3v) is 3.94. The van der Waals surface area contributed by atoms with Gasteiger partial charge in [-0.1, -0.05) is 55.5 Å². The lowest BCUT2D eigenvalue weighted by Gasteiger charge is -2.19. The molecule has 0 aliphatic carbocycles. The Morgan fingerprint density at radius 1 is 0.960 bits per heavy atom. The van der Waals surface area contributed by atoms with E-state index < -0.39 is 17.9 Å². The summed E-state index contributed by atoms with van der Waals surface area (Å²) in [6, 6.07) is 17.2. The summed E-state index contributed by atoms with van der Waals surface area (Å²) in [5.74, 6) is -2.46. The van der Waals surface area contributed by atoms with Gasteiger partial charge in [-0.3, -0.25) is 14.4 Å². The van der Waals surface area contributed by atoms with Gasteiger partial charge in [0.15, 0.2) is 5.78 Å². The lowest BCUT2D eigenvalue weighted by Crippen LogP contribution is -2.43. The Bertz CT molecular complexity index is 728. The van der Waals surface area contributed by atoms with E-state index in [0.717, 1.165) is 5.56 Å². The van der Waals surface area contributed by atoms with Crippen LogP contribution in [0.1, 0.15) is 29.3 Å². The molecule has 0 unspecified atom stereocenters. The Morgan fingerprint density at radius 2 is 1.52 bits per heavy atom. The number of aliphatic carboxylic acids is 1. The predicted octanol–water partition coefficient (Wildman–Crippen LogP) is 2.71. The normalized spacial score (nSPS) is 12.8. The van der Waals surface area contributed by atoms with Gasteiger partial charge in [0.2, 0.25) is 0 Å². The second-order valence-electron chi connectivity index (χ2n) is 5.99. The molecule has 0 aromatic heterocycles. The zero-order chi connectivity index (χ0) is 18.2. The summed E-state index contributed by atoms with van der Waals surface area (Å²) < 4.78 is 0. The van der Waals surface area contributed by atoms with Gasteiger partial charge in [0.05, 0.1) is 12.0 Å². The Hall–Kier alpha value is -2.95. The molecule has 0 heterocycles. The largest absolute Gasteiger partial charge is 0.481 e. The SMILES string of the molecule is C[C@@H](CC(=O)[C@@H](Cc1ccccc1)NC(=O)c1ccccc1)C(=O)O. The molecule has 2 rings (SSSR count). The van der Waals surface area contributed by atoms with Gasteiger partial charge in [-0.05, 0) is 24.1 Å². The molecule has 0 fully saturated rings. The first-order valence-corrected chi connectivity index (χ1v) is 8.12. The fraction of sp³-hybridized carbons (Fsp3) is 0.250. The number of hydrogen-bond donors (Lipinski definition) is 2. The van der Waals surface area contributed by atoms with Crippen LogP contribution in [-0.4, -0.2) is 28.8 Å². The van der Waals surface area contributed by atoms with E-state index >= 15 is 0 Å². The first kappa shape index (κ1) is 18.4. The fourth-order valence-corrected chi connectivity index (χ4v) is 2.46. The molecule has 0 saturated carbocycles. The summed E-state index contributed by atoms with van der Waals surface area (Å²) in [6.45, 7) is 1.48. The van der Waals surface area contributed by atoms with E-state index in [1.54, 1.807) is 30.3 Å². The number of Topliss-reactive ketones (excluding diaryl/α,β-unsaturated/α-hetero) is 1. The molecule has 1 amide bonds. The van der Waals surface area contributed by atoms with Crippen molar-refractivity contribution in [1.29, 1.82) is 0 Å². The Morgan fingerprint density at radius 3 is 2.08 bits per heavy atom. The number of carboxylic acids is 1. The van der Waals surface area contributed by atoms with Gasteiger partial charge in [-0.2, -0.15) is 0 Å². The zero-order valence-corrected chi connectivity index (χ0v) is 14.0. The maximum absolute atomic E-state index is 12.6. The number of carbonyl (C=O) groups excluding carboxylic acids is 2. The van der Waals surface area contributed by atoms with Crippen LogP contribution in [0.2, 0.25) is 0 Å². The average Bonchev–Trinajstić information content (AvgIpc) is 2.62. The highest BCUT2D eigenvalue weighted by Gasteiger charge is 2.25. The van der Waals surface area contributed by atoms with Gasteiger partial charge in [-0.15, -0.1) is 0 Å². The lowest BCUT2D eigenvalue weighted by molar-refractivity contribution is -0.143. The maximum Gasteiger partial charge on any atom is 0.306 e. The van der Waals surface area contributed by atoms with Crippen molar-refractivity contribution in [2.75, 3.05) is 0 Å².